The molecule has 1 atom stereocenters. The lowest BCUT2D eigenvalue weighted by molar-refractivity contribution is 0.296. The molecule has 7 heteroatoms. The summed E-state index contributed by atoms with van der Waals surface area (Å²) in [5.41, 5.74) is 5.75. The van der Waals surface area contributed by atoms with Crippen molar-refractivity contribution in [2.75, 3.05) is 39.6 Å². The number of benzene rings is 2. The second-order valence-corrected chi connectivity index (χ2v) is 10.1. The molecule has 1 N–H and O–H groups in total. The van der Waals surface area contributed by atoms with Crippen LogP contribution in [0.15, 0.2) is 36.4 Å². The average molecular weight is 462 g/mol. The van der Waals surface area contributed by atoms with Gasteiger partial charge in [-0.15, -0.1) is 0 Å². The SMILES string of the molecule is CCOc1cccc2c1CCCC2CN(C)CCc1ccc2c(c1)CCO2.CS(=O)(=O)O. The molecule has 176 valence electrons. The van der Waals surface area contributed by atoms with Gasteiger partial charge in [0.25, 0.3) is 10.1 Å². The third-order valence-corrected chi connectivity index (χ3v) is 5.96. The number of nitrogens with zero attached hydrogens (tertiary/aromatic N) is 1. The predicted octanol–water partition coefficient (Wildman–Crippen LogP) is 4.12. The van der Waals surface area contributed by atoms with E-state index in [0.717, 1.165) is 57.1 Å². The largest absolute Gasteiger partial charge is 0.494 e. The summed E-state index contributed by atoms with van der Waals surface area (Å²) in [7, 11) is -1.41. The van der Waals surface area contributed by atoms with Gasteiger partial charge in [-0.2, -0.15) is 8.42 Å². The van der Waals surface area contributed by atoms with E-state index in [4.69, 9.17) is 14.0 Å². The summed E-state index contributed by atoms with van der Waals surface area (Å²) in [5.74, 6) is 2.80. The Morgan fingerprint density at radius 2 is 2.00 bits per heavy atom. The van der Waals surface area contributed by atoms with Crippen molar-refractivity contribution in [3.63, 3.8) is 0 Å². The zero-order chi connectivity index (χ0) is 23.1. The lowest BCUT2D eigenvalue weighted by Gasteiger charge is -2.30. The monoisotopic (exact) mass is 461 g/mol. The molecule has 32 heavy (non-hydrogen) atoms. The van der Waals surface area contributed by atoms with Crippen LogP contribution in [0.25, 0.3) is 0 Å². The normalized spacial score (nSPS) is 17.1. The van der Waals surface area contributed by atoms with Gasteiger partial charge in [0.15, 0.2) is 0 Å². The van der Waals surface area contributed by atoms with Crippen LogP contribution in [0, 0.1) is 0 Å². The first-order valence-corrected chi connectivity index (χ1v) is 13.2. The lowest BCUT2D eigenvalue weighted by Crippen LogP contribution is -2.28. The molecule has 2 aliphatic rings. The molecule has 0 spiro atoms. The quantitative estimate of drug-likeness (QED) is 0.625. The number of hydrogen-bond acceptors (Lipinski definition) is 5. The number of ether oxygens (including phenoxy) is 2. The Morgan fingerprint density at radius 1 is 1.22 bits per heavy atom. The van der Waals surface area contributed by atoms with Crippen molar-refractivity contribution in [1.29, 1.82) is 0 Å². The lowest BCUT2D eigenvalue weighted by atomic mass is 9.82. The highest BCUT2D eigenvalue weighted by atomic mass is 32.2. The van der Waals surface area contributed by atoms with Crippen molar-refractivity contribution in [1.82, 2.24) is 4.90 Å². The minimum Gasteiger partial charge on any atom is -0.494 e. The Bertz CT molecular complexity index is 997. The van der Waals surface area contributed by atoms with Gasteiger partial charge in [0.2, 0.25) is 0 Å². The maximum atomic E-state index is 9.19. The topological polar surface area (TPSA) is 76.1 Å². The average Bonchev–Trinajstić information content (AvgIpc) is 3.20. The Kier molecular flexibility index (Phi) is 8.57. The molecule has 4 rings (SSSR count). The van der Waals surface area contributed by atoms with Gasteiger partial charge in [-0.1, -0.05) is 24.3 Å². The maximum absolute atomic E-state index is 9.19. The number of hydrogen-bond donors (Lipinski definition) is 1. The van der Waals surface area contributed by atoms with Crippen LogP contribution < -0.4 is 9.47 Å². The van der Waals surface area contributed by atoms with Gasteiger partial charge in [-0.25, -0.2) is 0 Å². The van der Waals surface area contributed by atoms with Crippen molar-refractivity contribution in [2.24, 2.45) is 0 Å². The van der Waals surface area contributed by atoms with Crippen molar-refractivity contribution < 1.29 is 22.4 Å². The Morgan fingerprint density at radius 3 is 2.75 bits per heavy atom. The number of rotatable bonds is 7. The third kappa shape index (κ3) is 7.22. The third-order valence-electron chi connectivity index (χ3n) is 5.96. The van der Waals surface area contributed by atoms with E-state index in [1.807, 2.05) is 0 Å². The van der Waals surface area contributed by atoms with Crippen LogP contribution in [0.1, 0.15) is 47.9 Å². The molecule has 1 unspecified atom stereocenters. The van der Waals surface area contributed by atoms with Crippen molar-refractivity contribution in [2.45, 2.75) is 44.9 Å². The maximum Gasteiger partial charge on any atom is 0.261 e. The summed E-state index contributed by atoms with van der Waals surface area (Å²) in [6, 6.07) is 13.3. The second-order valence-electron chi connectivity index (χ2n) is 8.63. The highest BCUT2D eigenvalue weighted by Gasteiger charge is 2.24. The number of fused-ring (bicyclic) bond motifs is 2. The molecule has 1 heterocycles. The van der Waals surface area contributed by atoms with Crippen LogP contribution >= 0.6 is 0 Å². The van der Waals surface area contributed by atoms with Crippen LogP contribution in [0.2, 0.25) is 0 Å². The van der Waals surface area contributed by atoms with Crippen LogP contribution in [0.4, 0.5) is 0 Å². The molecule has 1 aliphatic heterocycles. The summed E-state index contributed by atoms with van der Waals surface area (Å²) in [6.45, 7) is 5.86. The van der Waals surface area contributed by atoms with Crippen LogP contribution in [-0.2, 0) is 29.4 Å². The Labute approximate surface area is 192 Å². The van der Waals surface area contributed by atoms with Gasteiger partial charge in [0.1, 0.15) is 11.5 Å². The molecule has 0 saturated carbocycles. The second kappa shape index (κ2) is 11.2. The molecule has 0 amide bonds. The van der Waals surface area contributed by atoms with Crippen LogP contribution in [0.3, 0.4) is 0 Å². The van der Waals surface area contributed by atoms with E-state index >= 15 is 0 Å². The molecule has 0 aromatic heterocycles. The fraction of sp³-hybridized carbons (Fsp3) is 0.520. The summed E-state index contributed by atoms with van der Waals surface area (Å²) < 4.78 is 37.4. The fourth-order valence-corrected chi connectivity index (χ4v) is 4.58. The van der Waals surface area contributed by atoms with Crippen LogP contribution in [-0.4, -0.2) is 57.5 Å². The van der Waals surface area contributed by atoms with Gasteiger partial charge < -0.3 is 14.4 Å². The van der Waals surface area contributed by atoms with E-state index in [9.17, 15) is 8.42 Å². The van der Waals surface area contributed by atoms with E-state index in [0.29, 0.717) is 12.2 Å². The molecule has 1 aliphatic carbocycles. The van der Waals surface area contributed by atoms with Gasteiger partial charge in [-0.3, -0.25) is 4.55 Å². The van der Waals surface area contributed by atoms with E-state index in [-0.39, 0.29) is 0 Å². The molecule has 0 saturated heterocycles. The molecular formula is C25H35NO5S. The van der Waals surface area contributed by atoms with E-state index in [1.165, 1.54) is 35.1 Å². The zero-order valence-corrected chi connectivity index (χ0v) is 20.2. The van der Waals surface area contributed by atoms with Gasteiger partial charge in [-0.05, 0) is 80.0 Å². The smallest absolute Gasteiger partial charge is 0.261 e. The first kappa shape index (κ1) is 24.6. The molecular weight excluding hydrogens is 426 g/mol. The summed E-state index contributed by atoms with van der Waals surface area (Å²) in [4.78, 5) is 2.50. The van der Waals surface area contributed by atoms with E-state index in [2.05, 4.69) is 55.3 Å². The predicted molar refractivity (Wildman–Crippen MR) is 128 cm³/mol. The molecule has 2 aromatic carbocycles. The fourth-order valence-electron chi connectivity index (χ4n) is 4.58. The van der Waals surface area contributed by atoms with Gasteiger partial charge in [0, 0.05) is 19.5 Å². The molecule has 2 aromatic rings. The first-order valence-electron chi connectivity index (χ1n) is 11.3. The minimum absolute atomic E-state index is 0.618. The zero-order valence-electron chi connectivity index (χ0n) is 19.3. The molecule has 0 radical (unpaired) electrons. The highest BCUT2D eigenvalue weighted by Crippen LogP contribution is 2.37. The molecule has 0 bridgehead atoms. The van der Waals surface area contributed by atoms with Crippen molar-refractivity contribution in [3.8, 4) is 11.5 Å². The first-order chi connectivity index (χ1) is 15.2. The van der Waals surface area contributed by atoms with Crippen LogP contribution in [0.5, 0.6) is 11.5 Å². The minimum atomic E-state index is -3.67. The van der Waals surface area contributed by atoms with Crippen molar-refractivity contribution in [3.05, 3.63) is 58.7 Å². The van der Waals surface area contributed by atoms with Crippen molar-refractivity contribution >= 4 is 10.1 Å². The summed E-state index contributed by atoms with van der Waals surface area (Å²) >= 11 is 0. The van der Waals surface area contributed by atoms with E-state index < -0.39 is 10.1 Å². The highest BCUT2D eigenvalue weighted by molar-refractivity contribution is 7.85. The summed E-state index contributed by atoms with van der Waals surface area (Å²) in [5, 5.41) is 0. The number of likely N-dealkylation sites (N-methyl/N-ethyl adjacent to an activating group) is 1. The molecule has 0 fully saturated rings. The van der Waals surface area contributed by atoms with Gasteiger partial charge >= 0.3 is 0 Å². The standard InChI is InChI=1S/C24H31NO2.CH4O3S/c1-3-26-24-9-5-7-21-20(6-4-8-22(21)24)17-25(2)14-12-18-10-11-23-19(16-18)13-15-27-23;1-5(2,3)4/h5,7,9-11,16,20H,3-4,6,8,12-15,17H2,1-2H3;1H3,(H,2,3,4). The molecule has 6 nitrogen and oxygen atoms in total. The Balaban J connectivity index is 0.000000523. The van der Waals surface area contributed by atoms with Gasteiger partial charge in [0.05, 0.1) is 19.5 Å². The Hall–Kier alpha value is -2.09. The van der Waals surface area contributed by atoms with E-state index in [1.54, 1.807) is 0 Å². The summed E-state index contributed by atoms with van der Waals surface area (Å²) in [6.07, 6.45) is 6.57.